The Morgan fingerprint density at radius 3 is 2.33 bits per heavy atom. The SMILES string of the molecule is C=CCCCCCC.[Zn]. The van der Waals surface area contributed by atoms with Crippen LogP contribution in [0.4, 0.5) is 0 Å². The van der Waals surface area contributed by atoms with E-state index in [0.29, 0.717) is 0 Å². The molecular weight excluding hydrogens is 161 g/mol. The molecule has 0 N–H and O–H groups in total. The van der Waals surface area contributed by atoms with Crippen molar-refractivity contribution in [3.63, 3.8) is 0 Å². The van der Waals surface area contributed by atoms with Gasteiger partial charge in [0.25, 0.3) is 0 Å². The van der Waals surface area contributed by atoms with Crippen molar-refractivity contribution in [1.29, 1.82) is 0 Å². The summed E-state index contributed by atoms with van der Waals surface area (Å²) in [7, 11) is 0. The van der Waals surface area contributed by atoms with Gasteiger partial charge in [-0.3, -0.25) is 0 Å². The average Bonchev–Trinajstić information content (AvgIpc) is 1.81. The first kappa shape index (κ1) is 12.1. The zero-order valence-corrected chi connectivity index (χ0v) is 9.49. The van der Waals surface area contributed by atoms with Gasteiger partial charge in [-0.15, -0.1) is 6.58 Å². The van der Waals surface area contributed by atoms with E-state index in [-0.39, 0.29) is 19.5 Å². The van der Waals surface area contributed by atoms with Crippen LogP contribution in [0, 0.1) is 0 Å². The van der Waals surface area contributed by atoms with E-state index in [4.69, 9.17) is 0 Å². The largest absolute Gasteiger partial charge is 0.103 e. The maximum absolute atomic E-state index is 3.66. The van der Waals surface area contributed by atoms with Crippen molar-refractivity contribution in [3.05, 3.63) is 12.7 Å². The quantitative estimate of drug-likeness (QED) is 0.344. The number of hydrogen-bond acceptors (Lipinski definition) is 0. The van der Waals surface area contributed by atoms with Crippen molar-refractivity contribution in [1.82, 2.24) is 0 Å². The molecule has 0 saturated heterocycles. The van der Waals surface area contributed by atoms with Gasteiger partial charge in [0.2, 0.25) is 0 Å². The van der Waals surface area contributed by atoms with Crippen LogP contribution in [-0.2, 0) is 19.5 Å². The number of allylic oxidation sites excluding steroid dienone is 1. The van der Waals surface area contributed by atoms with Crippen molar-refractivity contribution in [2.75, 3.05) is 0 Å². The van der Waals surface area contributed by atoms with E-state index in [9.17, 15) is 0 Å². The molecule has 0 radical (unpaired) electrons. The average molecular weight is 178 g/mol. The Kier molecular flexibility index (Phi) is 15.0. The van der Waals surface area contributed by atoms with E-state index in [1.807, 2.05) is 6.08 Å². The molecule has 0 aliphatic rings. The first-order valence-electron chi connectivity index (χ1n) is 3.52. The molecule has 0 aliphatic carbocycles. The third-order valence-electron chi connectivity index (χ3n) is 1.26. The van der Waals surface area contributed by atoms with Crippen LogP contribution in [0.25, 0.3) is 0 Å². The minimum atomic E-state index is 0. The Labute approximate surface area is 71.5 Å². The predicted molar refractivity (Wildman–Crippen MR) is 39.0 cm³/mol. The first-order valence-corrected chi connectivity index (χ1v) is 3.52. The van der Waals surface area contributed by atoms with E-state index < -0.39 is 0 Å². The molecule has 50 valence electrons. The second-order valence-corrected chi connectivity index (χ2v) is 2.14. The molecule has 0 amide bonds. The molecule has 0 unspecified atom stereocenters. The fraction of sp³-hybridized carbons (Fsp3) is 0.750. The second kappa shape index (κ2) is 11.2. The topological polar surface area (TPSA) is 0 Å². The maximum atomic E-state index is 3.66. The third-order valence-corrected chi connectivity index (χ3v) is 1.26. The van der Waals surface area contributed by atoms with Gasteiger partial charge in [0.05, 0.1) is 0 Å². The molecule has 0 heterocycles. The Morgan fingerprint density at radius 1 is 1.22 bits per heavy atom. The van der Waals surface area contributed by atoms with Crippen LogP contribution in [-0.4, -0.2) is 0 Å². The monoisotopic (exact) mass is 176 g/mol. The zero-order chi connectivity index (χ0) is 6.24. The van der Waals surface area contributed by atoms with E-state index in [1.54, 1.807) is 0 Å². The fourth-order valence-electron chi connectivity index (χ4n) is 0.715. The Morgan fingerprint density at radius 2 is 1.89 bits per heavy atom. The van der Waals surface area contributed by atoms with Crippen molar-refractivity contribution < 1.29 is 19.5 Å². The summed E-state index contributed by atoms with van der Waals surface area (Å²) in [5, 5.41) is 0. The summed E-state index contributed by atoms with van der Waals surface area (Å²) in [5.74, 6) is 0. The van der Waals surface area contributed by atoms with E-state index in [2.05, 4.69) is 13.5 Å². The van der Waals surface area contributed by atoms with Gasteiger partial charge in [0.15, 0.2) is 0 Å². The summed E-state index contributed by atoms with van der Waals surface area (Å²) in [6, 6.07) is 0. The summed E-state index contributed by atoms with van der Waals surface area (Å²) in [6.07, 6.45) is 8.61. The van der Waals surface area contributed by atoms with Crippen molar-refractivity contribution >= 4 is 0 Å². The van der Waals surface area contributed by atoms with Crippen LogP contribution in [0.5, 0.6) is 0 Å². The Bertz CT molecular complexity index is 50.5. The van der Waals surface area contributed by atoms with Crippen molar-refractivity contribution in [2.24, 2.45) is 0 Å². The van der Waals surface area contributed by atoms with Gasteiger partial charge in [-0.25, -0.2) is 0 Å². The molecular formula is C8H16Zn. The molecule has 0 rings (SSSR count). The molecule has 0 aromatic heterocycles. The van der Waals surface area contributed by atoms with Crippen LogP contribution < -0.4 is 0 Å². The zero-order valence-electron chi connectivity index (χ0n) is 6.53. The maximum Gasteiger partial charge on any atom is 0 e. The van der Waals surface area contributed by atoms with E-state index >= 15 is 0 Å². The van der Waals surface area contributed by atoms with Gasteiger partial charge in [-0.1, -0.05) is 32.3 Å². The summed E-state index contributed by atoms with van der Waals surface area (Å²) in [5.41, 5.74) is 0. The minimum absolute atomic E-state index is 0. The van der Waals surface area contributed by atoms with Gasteiger partial charge in [0, 0.05) is 19.5 Å². The molecule has 0 aliphatic heterocycles. The van der Waals surface area contributed by atoms with Gasteiger partial charge < -0.3 is 0 Å². The molecule has 0 fully saturated rings. The number of unbranched alkanes of at least 4 members (excludes halogenated alkanes) is 4. The van der Waals surface area contributed by atoms with Crippen LogP contribution in [0.1, 0.15) is 39.0 Å². The smallest absolute Gasteiger partial charge is 0 e. The Hall–Kier alpha value is 0.363. The van der Waals surface area contributed by atoms with Crippen LogP contribution >= 0.6 is 0 Å². The van der Waals surface area contributed by atoms with Crippen molar-refractivity contribution in [3.8, 4) is 0 Å². The molecule has 0 saturated carbocycles. The summed E-state index contributed by atoms with van der Waals surface area (Å²) < 4.78 is 0. The van der Waals surface area contributed by atoms with Gasteiger partial charge in [-0.2, -0.15) is 0 Å². The number of hydrogen-bond donors (Lipinski definition) is 0. The Balaban J connectivity index is 0. The second-order valence-electron chi connectivity index (χ2n) is 2.14. The molecule has 0 nitrogen and oxygen atoms in total. The molecule has 0 atom stereocenters. The van der Waals surface area contributed by atoms with Crippen LogP contribution in [0.2, 0.25) is 0 Å². The predicted octanol–water partition coefficient (Wildman–Crippen LogP) is 3.14. The van der Waals surface area contributed by atoms with Crippen LogP contribution in [0.3, 0.4) is 0 Å². The standard InChI is InChI=1S/C8H16.Zn/c1-3-5-7-8-6-4-2;/h3H,1,4-8H2,2H3;. The third kappa shape index (κ3) is 11.8. The minimum Gasteiger partial charge on any atom is -0.103 e. The van der Waals surface area contributed by atoms with Gasteiger partial charge in [0.1, 0.15) is 0 Å². The van der Waals surface area contributed by atoms with E-state index in [0.717, 1.165) is 0 Å². The molecule has 0 bridgehead atoms. The molecule has 0 aromatic rings. The fourth-order valence-corrected chi connectivity index (χ4v) is 0.715. The van der Waals surface area contributed by atoms with Crippen molar-refractivity contribution in [2.45, 2.75) is 39.0 Å². The molecule has 0 aromatic carbocycles. The molecule has 9 heavy (non-hydrogen) atoms. The summed E-state index contributed by atoms with van der Waals surface area (Å²) in [4.78, 5) is 0. The summed E-state index contributed by atoms with van der Waals surface area (Å²) in [6.45, 7) is 5.89. The van der Waals surface area contributed by atoms with Gasteiger partial charge in [-0.05, 0) is 12.8 Å². The normalized spacial score (nSPS) is 8.11. The first-order chi connectivity index (χ1) is 3.91. The summed E-state index contributed by atoms with van der Waals surface area (Å²) >= 11 is 0. The van der Waals surface area contributed by atoms with Gasteiger partial charge >= 0.3 is 0 Å². The molecule has 1 heteroatoms. The number of rotatable bonds is 5. The molecule has 0 spiro atoms. The van der Waals surface area contributed by atoms with Crippen LogP contribution in [0.15, 0.2) is 12.7 Å². The van der Waals surface area contributed by atoms with E-state index in [1.165, 1.54) is 32.1 Å².